The molecule has 10 heteroatoms. The molecule has 1 aromatic heterocycles. The van der Waals surface area contributed by atoms with Crippen molar-refractivity contribution in [3.8, 4) is 0 Å². The molecule has 6 nitrogen and oxygen atoms in total. The van der Waals surface area contributed by atoms with Gasteiger partial charge in [0.05, 0.1) is 17.8 Å². The quantitative estimate of drug-likeness (QED) is 0.737. The minimum Gasteiger partial charge on any atom is -0.361 e. The number of nitrogens with zero attached hydrogens (tertiary/aromatic N) is 3. The van der Waals surface area contributed by atoms with E-state index >= 15 is 0 Å². The van der Waals surface area contributed by atoms with Gasteiger partial charge in [0.2, 0.25) is 5.91 Å². The Balaban J connectivity index is 1.45. The molecular formula is C19H22F4N4O2. The number of benzene rings is 1. The molecule has 0 atom stereocenters. The molecule has 1 aromatic carbocycles. The molecule has 0 radical (unpaired) electrons. The number of amides is 1. The average molecular weight is 414 g/mol. The Labute approximate surface area is 165 Å². The number of nitrogens with one attached hydrogen (secondary N) is 1. The Morgan fingerprint density at radius 2 is 1.86 bits per heavy atom. The van der Waals surface area contributed by atoms with Gasteiger partial charge >= 0.3 is 6.18 Å². The van der Waals surface area contributed by atoms with E-state index in [4.69, 9.17) is 4.52 Å². The van der Waals surface area contributed by atoms with Crippen LogP contribution in [-0.2, 0) is 24.1 Å². The predicted octanol–water partition coefficient (Wildman–Crippen LogP) is 2.57. The van der Waals surface area contributed by atoms with Gasteiger partial charge in [-0.2, -0.15) is 13.2 Å². The fourth-order valence-electron chi connectivity index (χ4n) is 3.25. The van der Waals surface area contributed by atoms with Gasteiger partial charge in [-0.3, -0.25) is 14.6 Å². The summed E-state index contributed by atoms with van der Waals surface area (Å²) >= 11 is 0. The third-order valence-electron chi connectivity index (χ3n) is 4.75. The fourth-order valence-corrected chi connectivity index (χ4v) is 3.25. The van der Waals surface area contributed by atoms with Crippen LogP contribution in [0.5, 0.6) is 0 Å². The number of hydrogen-bond acceptors (Lipinski definition) is 5. The van der Waals surface area contributed by atoms with Crippen LogP contribution in [0.2, 0.25) is 0 Å². The molecule has 0 unspecified atom stereocenters. The van der Waals surface area contributed by atoms with E-state index < -0.39 is 17.6 Å². The summed E-state index contributed by atoms with van der Waals surface area (Å²) in [6, 6.07) is 4.32. The van der Waals surface area contributed by atoms with Crippen LogP contribution in [0.3, 0.4) is 0 Å². The first-order valence-corrected chi connectivity index (χ1v) is 9.20. The van der Waals surface area contributed by atoms with E-state index in [9.17, 15) is 22.4 Å². The Hall–Kier alpha value is -2.46. The van der Waals surface area contributed by atoms with Gasteiger partial charge in [-0.25, -0.2) is 4.39 Å². The number of carbonyl (C=O) groups excluding carboxylic acids is 1. The van der Waals surface area contributed by atoms with Gasteiger partial charge in [0.15, 0.2) is 0 Å². The van der Waals surface area contributed by atoms with Gasteiger partial charge < -0.3 is 9.84 Å². The molecule has 2 heterocycles. The molecular weight excluding hydrogens is 392 g/mol. The van der Waals surface area contributed by atoms with Crippen molar-refractivity contribution in [3.05, 3.63) is 52.7 Å². The molecule has 3 rings (SSSR count). The second-order valence-electron chi connectivity index (χ2n) is 7.06. The van der Waals surface area contributed by atoms with Crippen molar-refractivity contribution in [3.63, 3.8) is 0 Å². The smallest absolute Gasteiger partial charge is 0.361 e. The molecule has 158 valence electrons. The maximum atomic E-state index is 13.1. The molecule has 0 spiro atoms. The number of aromatic nitrogens is 1. The topological polar surface area (TPSA) is 61.6 Å². The maximum Gasteiger partial charge on any atom is 0.416 e. The summed E-state index contributed by atoms with van der Waals surface area (Å²) < 4.78 is 57.2. The standard InChI is InChI=1S/C19H22F4N4O2/c1-13-8-16(25-29-13)11-26-4-6-27(7-5-26)12-18(28)24-10-14-2-3-15(20)9-17(14)19(21,22)23/h2-3,8-9H,4-7,10-12H2,1H3,(H,24,28). The highest BCUT2D eigenvalue weighted by Crippen LogP contribution is 2.32. The van der Waals surface area contributed by atoms with Crippen molar-refractivity contribution in [1.29, 1.82) is 0 Å². The zero-order chi connectivity index (χ0) is 21.0. The van der Waals surface area contributed by atoms with E-state index in [1.54, 1.807) is 0 Å². The Bertz CT molecular complexity index is 845. The molecule has 2 aromatic rings. The first-order chi connectivity index (χ1) is 13.7. The van der Waals surface area contributed by atoms with E-state index in [0.717, 1.165) is 36.7 Å². The first-order valence-electron chi connectivity index (χ1n) is 9.20. The molecule has 1 aliphatic heterocycles. The Morgan fingerprint density at radius 1 is 1.17 bits per heavy atom. The van der Waals surface area contributed by atoms with E-state index in [-0.39, 0.29) is 24.6 Å². The lowest BCUT2D eigenvalue weighted by molar-refractivity contribution is -0.138. The lowest BCUT2D eigenvalue weighted by Gasteiger charge is -2.33. The highest BCUT2D eigenvalue weighted by molar-refractivity contribution is 5.78. The second kappa shape index (κ2) is 8.91. The first kappa shape index (κ1) is 21.3. The number of halogens is 4. The molecule has 0 aliphatic carbocycles. The zero-order valence-electron chi connectivity index (χ0n) is 15.9. The van der Waals surface area contributed by atoms with Crippen molar-refractivity contribution < 1.29 is 26.9 Å². The van der Waals surface area contributed by atoms with Gasteiger partial charge in [-0.05, 0) is 24.6 Å². The molecule has 0 bridgehead atoms. The van der Waals surface area contributed by atoms with Crippen LogP contribution in [0.1, 0.15) is 22.6 Å². The van der Waals surface area contributed by atoms with Crippen LogP contribution in [0, 0.1) is 12.7 Å². The largest absolute Gasteiger partial charge is 0.416 e. The number of piperazine rings is 1. The summed E-state index contributed by atoms with van der Waals surface area (Å²) in [6.45, 7) is 5.10. The minimum atomic E-state index is -4.68. The van der Waals surface area contributed by atoms with E-state index in [1.807, 2.05) is 17.9 Å². The average Bonchev–Trinajstić information content (AvgIpc) is 3.06. The van der Waals surface area contributed by atoms with Crippen LogP contribution in [-0.4, -0.2) is 53.6 Å². The number of alkyl halides is 3. The van der Waals surface area contributed by atoms with Crippen molar-refractivity contribution in [2.45, 2.75) is 26.2 Å². The van der Waals surface area contributed by atoms with Crippen LogP contribution >= 0.6 is 0 Å². The van der Waals surface area contributed by atoms with E-state index in [2.05, 4.69) is 15.4 Å². The van der Waals surface area contributed by atoms with Crippen LogP contribution in [0.15, 0.2) is 28.8 Å². The van der Waals surface area contributed by atoms with Gasteiger partial charge in [-0.1, -0.05) is 11.2 Å². The minimum absolute atomic E-state index is 0.0967. The fraction of sp³-hybridized carbons (Fsp3) is 0.474. The van der Waals surface area contributed by atoms with Crippen molar-refractivity contribution in [1.82, 2.24) is 20.3 Å². The van der Waals surface area contributed by atoms with Gasteiger partial charge in [0.25, 0.3) is 0 Å². The molecule has 1 aliphatic rings. The second-order valence-corrected chi connectivity index (χ2v) is 7.06. The molecule has 1 N–H and O–H groups in total. The Morgan fingerprint density at radius 3 is 2.48 bits per heavy atom. The summed E-state index contributed by atoms with van der Waals surface area (Å²) in [5.41, 5.74) is -0.386. The van der Waals surface area contributed by atoms with E-state index in [0.29, 0.717) is 25.7 Å². The van der Waals surface area contributed by atoms with E-state index in [1.165, 1.54) is 0 Å². The number of rotatable bonds is 6. The van der Waals surface area contributed by atoms with Crippen LogP contribution in [0.25, 0.3) is 0 Å². The van der Waals surface area contributed by atoms with Gasteiger partial charge in [0, 0.05) is 45.3 Å². The number of aryl methyl sites for hydroxylation is 1. The highest BCUT2D eigenvalue weighted by atomic mass is 19.4. The molecule has 0 saturated carbocycles. The number of hydrogen-bond donors (Lipinski definition) is 1. The van der Waals surface area contributed by atoms with Crippen molar-refractivity contribution in [2.75, 3.05) is 32.7 Å². The SMILES string of the molecule is Cc1cc(CN2CCN(CC(=O)NCc3ccc(F)cc3C(F)(F)F)CC2)no1. The summed E-state index contributed by atoms with van der Waals surface area (Å²) in [6.07, 6.45) is -4.68. The summed E-state index contributed by atoms with van der Waals surface area (Å²) in [5, 5.41) is 6.46. The van der Waals surface area contributed by atoms with Crippen LogP contribution < -0.4 is 5.32 Å². The van der Waals surface area contributed by atoms with Gasteiger partial charge in [0.1, 0.15) is 11.6 Å². The van der Waals surface area contributed by atoms with Crippen LogP contribution in [0.4, 0.5) is 17.6 Å². The molecule has 1 amide bonds. The molecule has 29 heavy (non-hydrogen) atoms. The van der Waals surface area contributed by atoms with Crippen molar-refractivity contribution >= 4 is 5.91 Å². The third-order valence-corrected chi connectivity index (χ3v) is 4.75. The lowest BCUT2D eigenvalue weighted by atomic mass is 10.1. The Kier molecular flexibility index (Phi) is 6.53. The molecule has 1 fully saturated rings. The maximum absolute atomic E-state index is 13.1. The summed E-state index contributed by atoms with van der Waals surface area (Å²) in [7, 11) is 0. The third kappa shape index (κ3) is 6.01. The normalized spacial score (nSPS) is 16.2. The predicted molar refractivity (Wildman–Crippen MR) is 96.2 cm³/mol. The lowest BCUT2D eigenvalue weighted by Crippen LogP contribution is -2.49. The zero-order valence-corrected chi connectivity index (χ0v) is 15.9. The highest BCUT2D eigenvalue weighted by Gasteiger charge is 2.33. The van der Waals surface area contributed by atoms with Gasteiger partial charge in [-0.15, -0.1) is 0 Å². The molecule has 1 saturated heterocycles. The number of carbonyl (C=O) groups is 1. The monoisotopic (exact) mass is 414 g/mol. The summed E-state index contributed by atoms with van der Waals surface area (Å²) in [4.78, 5) is 16.3. The summed E-state index contributed by atoms with van der Waals surface area (Å²) in [5.74, 6) is -0.584. The van der Waals surface area contributed by atoms with Crippen molar-refractivity contribution in [2.24, 2.45) is 0 Å².